The van der Waals surface area contributed by atoms with E-state index in [4.69, 9.17) is 14.6 Å². The highest BCUT2D eigenvalue weighted by Crippen LogP contribution is 2.22. The summed E-state index contributed by atoms with van der Waals surface area (Å²) in [5, 5.41) is 8.73. The Balaban J connectivity index is 2.25. The summed E-state index contributed by atoms with van der Waals surface area (Å²) in [5.74, 6) is -1.00. The molecule has 0 bridgehead atoms. The molecule has 1 aromatic heterocycles. The molecule has 0 aliphatic carbocycles. The lowest BCUT2D eigenvalue weighted by Crippen LogP contribution is -2.03. The molecule has 0 atom stereocenters. The molecule has 1 saturated heterocycles. The van der Waals surface area contributed by atoms with E-state index in [9.17, 15) is 4.79 Å². The molecule has 14 heavy (non-hydrogen) atoms. The molecule has 5 heteroatoms. The number of carbonyl (C=O) groups is 1. The zero-order valence-corrected chi connectivity index (χ0v) is 7.34. The van der Waals surface area contributed by atoms with Crippen LogP contribution in [0.25, 0.3) is 0 Å². The molecule has 2 rings (SSSR count). The van der Waals surface area contributed by atoms with Gasteiger partial charge < -0.3 is 14.6 Å². The normalized spacial score (nSPS) is 17.1. The van der Waals surface area contributed by atoms with Crippen LogP contribution in [0.15, 0.2) is 18.5 Å². The van der Waals surface area contributed by atoms with Crippen LogP contribution in [0, 0.1) is 0 Å². The van der Waals surface area contributed by atoms with Crippen molar-refractivity contribution < 1.29 is 19.4 Å². The van der Waals surface area contributed by atoms with Crippen molar-refractivity contribution in [3.63, 3.8) is 0 Å². The Bertz CT molecular complexity index is 346. The molecule has 1 fully saturated rings. The van der Waals surface area contributed by atoms with Crippen molar-refractivity contribution in [1.29, 1.82) is 0 Å². The molecule has 0 radical (unpaired) electrons. The van der Waals surface area contributed by atoms with Gasteiger partial charge in [0.1, 0.15) is 0 Å². The molecule has 0 unspecified atom stereocenters. The molecule has 1 aromatic rings. The number of rotatable bonds is 2. The zero-order valence-electron chi connectivity index (χ0n) is 7.34. The van der Waals surface area contributed by atoms with Crippen LogP contribution < -0.4 is 0 Å². The first-order chi connectivity index (χ1) is 6.77. The molecule has 2 heterocycles. The molecular weight excluding hydrogens is 186 g/mol. The van der Waals surface area contributed by atoms with Crippen LogP contribution in [-0.2, 0) is 9.47 Å². The van der Waals surface area contributed by atoms with Crippen LogP contribution in [0.4, 0.5) is 0 Å². The summed E-state index contributed by atoms with van der Waals surface area (Å²) in [6.45, 7) is 1.06. The summed E-state index contributed by atoms with van der Waals surface area (Å²) in [6.07, 6.45) is 2.37. The number of aromatic nitrogens is 1. The van der Waals surface area contributed by atoms with Crippen molar-refractivity contribution in [2.24, 2.45) is 0 Å². The van der Waals surface area contributed by atoms with Crippen molar-refractivity contribution in [2.75, 3.05) is 13.2 Å². The molecule has 1 aliphatic heterocycles. The first-order valence-corrected chi connectivity index (χ1v) is 4.19. The minimum Gasteiger partial charge on any atom is -0.478 e. The lowest BCUT2D eigenvalue weighted by atomic mass is 10.2. The maximum absolute atomic E-state index is 10.6. The molecule has 0 amide bonds. The monoisotopic (exact) mass is 195 g/mol. The number of carboxylic acids is 1. The summed E-state index contributed by atoms with van der Waals surface area (Å²) in [6, 6.07) is 1.51. The number of nitrogens with zero attached hydrogens (tertiary/aromatic N) is 1. The van der Waals surface area contributed by atoms with Crippen LogP contribution in [0.5, 0.6) is 0 Å². The topological polar surface area (TPSA) is 68.7 Å². The Morgan fingerprint density at radius 3 is 2.79 bits per heavy atom. The second-order valence-electron chi connectivity index (χ2n) is 2.89. The summed E-state index contributed by atoms with van der Waals surface area (Å²) in [4.78, 5) is 14.5. The molecule has 0 aromatic carbocycles. The van der Waals surface area contributed by atoms with Crippen LogP contribution >= 0.6 is 0 Å². The van der Waals surface area contributed by atoms with Gasteiger partial charge in [0.2, 0.25) is 0 Å². The third-order valence-corrected chi connectivity index (χ3v) is 1.90. The SMILES string of the molecule is O=C(O)c1cncc(C2OCCO2)c1. The van der Waals surface area contributed by atoms with Gasteiger partial charge in [0.05, 0.1) is 18.8 Å². The Hall–Kier alpha value is -1.46. The van der Waals surface area contributed by atoms with E-state index in [1.165, 1.54) is 12.3 Å². The van der Waals surface area contributed by atoms with E-state index in [1.54, 1.807) is 6.20 Å². The fraction of sp³-hybridized carbons (Fsp3) is 0.333. The Kier molecular flexibility index (Phi) is 2.43. The quantitative estimate of drug-likeness (QED) is 0.756. The molecule has 0 spiro atoms. The van der Waals surface area contributed by atoms with Gasteiger partial charge in [-0.2, -0.15) is 0 Å². The van der Waals surface area contributed by atoms with Gasteiger partial charge in [0, 0.05) is 18.0 Å². The maximum atomic E-state index is 10.6. The minimum absolute atomic E-state index is 0.140. The van der Waals surface area contributed by atoms with Crippen molar-refractivity contribution in [1.82, 2.24) is 4.98 Å². The minimum atomic E-state index is -1.00. The standard InChI is InChI=1S/C9H9NO4/c11-8(12)6-3-7(5-10-4-6)9-13-1-2-14-9/h3-5,9H,1-2H2,(H,11,12). The number of ether oxygens (including phenoxy) is 2. The number of carboxylic acid groups (broad SMARTS) is 1. The van der Waals surface area contributed by atoms with E-state index >= 15 is 0 Å². The summed E-state index contributed by atoms with van der Waals surface area (Å²) >= 11 is 0. The average Bonchev–Trinajstić information content (AvgIpc) is 2.71. The highest BCUT2D eigenvalue weighted by Gasteiger charge is 2.19. The second kappa shape index (κ2) is 3.73. The molecule has 0 saturated carbocycles. The summed E-state index contributed by atoms with van der Waals surface area (Å²) in [7, 11) is 0. The average molecular weight is 195 g/mol. The van der Waals surface area contributed by atoms with Gasteiger partial charge in [0.25, 0.3) is 0 Å². The van der Waals surface area contributed by atoms with Crippen LogP contribution in [0.2, 0.25) is 0 Å². The van der Waals surface area contributed by atoms with Gasteiger partial charge in [0.15, 0.2) is 6.29 Å². The highest BCUT2D eigenvalue weighted by molar-refractivity contribution is 5.87. The largest absolute Gasteiger partial charge is 0.478 e. The number of aromatic carboxylic acids is 1. The van der Waals surface area contributed by atoms with Gasteiger partial charge in [-0.15, -0.1) is 0 Å². The van der Waals surface area contributed by atoms with Gasteiger partial charge in [-0.3, -0.25) is 4.98 Å². The fourth-order valence-corrected chi connectivity index (χ4v) is 1.25. The van der Waals surface area contributed by atoms with Crippen LogP contribution in [0.1, 0.15) is 22.2 Å². The Labute approximate surface area is 80.3 Å². The van der Waals surface area contributed by atoms with E-state index in [0.29, 0.717) is 18.8 Å². The van der Waals surface area contributed by atoms with E-state index in [-0.39, 0.29) is 5.56 Å². The van der Waals surface area contributed by atoms with Gasteiger partial charge in [-0.1, -0.05) is 0 Å². The molecule has 5 nitrogen and oxygen atoms in total. The van der Waals surface area contributed by atoms with E-state index in [2.05, 4.69) is 4.98 Å². The fourth-order valence-electron chi connectivity index (χ4n) is 1.25. The van der Waals surface area contributed by atoms with Crippen molar-refractivity contribution in [3.8, 4) is 0 Å². The summed E-state index contributed by atoms with van der Waals surface area (Å²) < 4.78 is 10.4. The lowest BCUT2D eigenvalue weighted by Gasteiger charge is -2.08. The van der Waals surface area contributed by atoms with E-state index in [1.807, 2.05) is 0 Å². The third kappa shape index (κ3) is 1.73. The van der Waals surface area contributed by atoms with Crippen LogP contribution in [0.3, 0.4) is 0 Å². The zero-order chi connectivity index (χ0) is 9.97. The van der Waals surface area contributed by atoms with Gasteiger partial charge >= 0.3 is 5.97 Å². The lowest BCUT2D eigenvalue weighted by molar-refractivity contribution is -0.0443. The Morgan fingerprint density at radius 2 is 2.14 bits per heavy atom. The third-order valence-electron chi connectivity index (χ3n) is 1.90. The van der Waals surface area contributed by atoms with E-state index in [0.717, 1.165) is 0 Å². The predicted molar refractivity (Wildman–Crippen MR) is 45.8 cm³/mol. The molecule has 1 N–H and O–H groups in total. The van der Waals surface area contributed by atoms with E-state index < -0.39 is 12.3 Å². The molecule has 1 aliphatic rings. The summed E-state index contributed by atoms with van der Waals surface area (Å²) in [5.41, 5.74) is 0.781. The van der Waals surface area contributed by atoms with Gasteiger partial charge in [-0.25, -0.2) is 4.79 Å². The van der Waals surface area contributed by atoms with Crippen molar-refractivity contribution in [2.45, 2.75) is 6.29 Å². The number of hydrogen-bond donors (Lipinski definition) is 1. The van der Waals surface area contributed by atoms with Crippen LogP contribution in [-0.4, -0.2) is 29.3 Å². The first kappa shape index (κ1) is 9.11. The number of hydrogen-bond acceptors (Lipinski definition) is 4. The Morgan fingerprint density at radius 1 is 1.43 bits per heavy atom. The predicted octanol–water partition coefficient (Wildman–Crippen LogP) is 0.825. The first-order valence-electron chi connectivity index (χ1n) is 4.19. The molecule has 74 valence electrons. The number of pyridine rings is 1. The van der Waals surface area contributed by atoms with Crippen molar-refractivity contribution in [3.05, 3.63) is 29.6 Å². The maximum Gasteiger partial charge on any atom is 0.337 e. The highest BCUT2D eigenvalue weighted by atomic mass is 16.7. The molecular formula is C9H9NO4. The van der Waals surface area contributed by atoms with Gasteiger partial charge in [-0.05, 0) is 6.07 Å². The second-order valence-corrected chi connectivity index (χ2v) is 2.89. The van der Waals surface area contributed by atoms with Crippen molar-refractivity contribution >= 4 is 5.97 Å². The smallest absolute Gasteiger partial charge is 0.337 e.